The van der Waals surface area contributed by atoms with E-state index >= 15 is 0 Å². The lowest BCUT2D eigenvalue weighted by Gasteiger charge is -2.38. The van der Waals surface area contributed by atoms with Gasteiger partial charge in [0.25, 0.3) is 0 Å². The zero-order chi connectivity index (χ0) is 15.5. The maximum Gasteiger partial charge on any atom is 0.318 e. The Kier molecular flexibility index (Phi) is 5.08. The summed E-state index contributed by atoms with van der Waals surface area (Å²) in [4.78, 5) is 25.2. The summed E-state index contributed by atoms with van der Waals surface area (Å²) in [5, 5.41) is 21.7. The lowest BCUT2D eigenvalue weighted by atomic mass is 9.86. The van der Waals surface area contributed by atoms with Crippen LogP contribution >= 0.6 is 0 Å². The van der Waals surface area contributed by atoms with Gasteiger partial charge in [-0.3, -0.25) is 4.79 Å². The number of hydrogen-bond acceptors (Lipinski definition) is 3. The van der Waals surface area contributed by atoms with Gasteiger partial charge in [-0.1, -0.05) is 6.92 Å². The summed E-state index contributed by atoms with van der Waals surface area (Å²) < 4.78 is 0. The van der Waals surface area contributed by atoms with E-state index in [1.807, 2.05) is 6.92 Å². The molecule has 1 saturated heterocycles. The van der Waals surface area contributed by atoms with Crippen molar-refractivity contribution in [3.05, 3.63) is 0 Å². The fourth-order valence-corrected chi connectivity index (χ4v) is 3.64. The average Bonchev–Trinajstić information content (AvgIpc) is 2.92. The summed E-state index contributed by atoms with van der Waals surface area (Å²) in [5.41, 5.74) is -0.414. The summed E-state index contributed by atoms with van der Waals surface area (Å²) in [6, 6.07) is -0.0517. The molecule has 2 rings (SSSR count). The summed E-state index contributed by atoms with van der Waals surface area (Å²) in [5.74, 6) is -0.998. The Morgan fingerprint density at radius 1 is 1.29 bits per heavy atom. The summed E-state index contributed by atoms with van der Waals surface area (Å²) in [7, 11) is 0. The molecular weight excluding hydrogens is 272 g/mol. The number of carbonyl (C=O) groups is 2. The monoisotopic (exact) mass is 298 g/mol. The molecule has 1 heterocycles. The van der Waals surface area contributed by atoms with Gasteiger partial charge in [0.2, 0.25) is 0 Å². The number of nitrogens with one attached hydrogen (secondary N) is 1. The molecule has 1 unspecified atom stereocenters. The van der Waals surface area contributed by atoms with E-state index in [2.05, 4.69) is 5.32 Å². The molecule has 6 heteroatoms. The van der Waals surface area contributed by atoms with Crippen LogP contribution < -0.4 is 5.32 Å². The molecule has 0 aromatic carbocycles. The largest absolute Gasteiger partial charge is 0.481 e. The SMILES string of the molecule is CCC1(CO)CCCN1C(=O)NC1CCC(C(=O)O)CC1. The Labute approximate surface area is 125 Å². The van der Waals surface area contributed by atoms with Gasteiger partial charge in [-0.25, -0.2) is 4.79 Å². The van der Waals surface area contributed by atoms with Crippen molar-refractivity contribution in [3.8, 4) is 0 Å². The van der Waals surface area contributed by atoms with E-state index in [0.717, 1.165) is 32.1 Å². The highest BCUT2D eigenvalue weighted by atomic mass is 16.4. The normalized spacial score (nSPS) is 33.0. The molecule has 2 fully saturated rings. The van der Waals surface area contributed by atoms with Crippen LogP contribution in [0.15, 0.2) is 0 Å². The van der Waals surface area contributed by atoms with Crippen LogP contribution in [0.25, 0.3) is 0 Å². The number of amides is 2. The van der Waals surface area contributed by atoms with Gasteiger partial charge in [0.1, 0.15) is 0 Å². The molecule has 2 amide bonds. The second kappa shape index (κ2) is 6.64. The molecular formula is C15H26N2O4. The number of aliphatic hydroxyl groups excluding tert-OH is 1. The van der Waals surface area contributed by atoms with Crippen molar-refractivity contribution >= 4 is 12.0 Å². The number of aliphatic carboxylic acids is 1. The van der Waals surface area contributed by atoms with Crippen molar-refractivity contribution in [2.45, 2.75) is 63.5 Å². The van der Waals surface area contributed by atoms with Crippen molar-refractivity contribution in [2.24, 2.45) is 5.92 Å². The summed E-state index contributed by atoms with van der Waals surface area (Å²) in [6.45, 7) is 2.69. The van der Waals surface area contributed by atoms with Gasteiger partial charge in [-0.2, -0.15) is 0 Å². The van der Waals surface area contributed by atoms with Crippen molar-refractivity contribution in [3.63, 3.8) is 0 Å². The highest BCUT2D eigenvalue weighted by Gasteiger charge is 2.42. The second-order valence-electron chi connectivity index (χ2n) is 6.33. The molecule has 21 heavy (non-hydrogen) atoms. The molecule has 2 aliphatic rings. The van der Waals surface area contributed by atoms with Crippen LogP contribution in [0.1, 0.15) is 51.9 Å². The van der Waals surface area contributed by atoms with E-state index in [4.69, 9.17) is 5.11 Å². The number of carboxylic acids is 1. The summed E-state index contributed by atoms with van der Waals surface area (Å²) in [6.07, 6.45) is 5.21. The Morgan fingerprint density at radius 2 is 1.95 bits per heavy atom. The molecule has 0 radical (unpaired) electrons. The minimum Gasteiger partial charge on any atom is -0.481 e. The molecule has 6 nitrogen and oxygen atoms in total. The van der Waals surface area contributed by atoms with Gasteiger partial charge in [-0.15, -0.1) is 0 Å². The maximum atomic E-state index is 12.4. The van der Waals surface area contributed by atoms with Crippen LogP contribution in [-0.2, 0) is 4.79 Å². The molecule has 1 atom stereocenters. The van der Waals surface area contributed by atoms with E-state index in [-0.39, 0.29) is 24.6 Å². The van der Waals surface area contributed by atoms with Gasteiger partial charge in [0.05, 0.1) is 18.1 Å². The Bertz CT molecular complexity index is 387. The molecule has 120 valence electrons. The molecule has 3 N–H and O–H groups in total. The van der Waals surface area contributed by atoms with Crippen LogP contribution in [0.4, 0.5) is 4.79 Å². The third-order valence-electron chi connectivity index (χ3n) is 5.20. The van der Waals surface area contributed by atoms with Crippen LogP contribution in [0.2, 0.25) is 0 Å². The molecule has 0 bridgehead atoms. The first-order valence-electron chi connectivity index (χ1n) is 7.94. The molecule has 1 saturated carbocycles. The first kappa shape index (κ1) is 16.1. The average molecular weight is 298 g/mol. The van der Waals surface area contributed by atoms with Gasteiger partial charge < -0.3 is 20.4 Å². The van der Waals surface area contributed by atoms with Crippen molar-refractivity contribution in [1.82, 2.24) is 10.2 Å². The molecule has 0 aromatic heterocycles. The number of nitrogens with zero attached hydrogens (tertiary/aromatic N) is 1. The Morgan fingerprint density at radius 3 is 2.48 bits per heavy atom. The van der Waals surface area contributed by atoms with E-state index in [1.54, 1.807) is 4.90 Å². The van der Waals surface area contributed by atoms with Gasteiger partial charge in [0.15, 0.2) is 0 Å². The van der Waals surface area contributed by atoms with Crippen LogP contribution in [0.3, 0.4) is 0 Å². The number of carboxylic acid groups (broad SMARTS) is 1. The van der Waals surface area contributed by atoms with Crippen LogP contribution in [0.5, 0.6) is 0 Å². The number of carbonyl (C=O) groups excluding carboxylic acids is 1. The first-order chi connectivity index (χ1) is 10.0. The van der Waals surface area contributed by atoms with Gasteiger partial charge in [-0.05, 0) is 44.9 Å². The predicted octanol–water partition coefficient (Wildman–Crippen LogP) is 1.58. The van der Waals surface area contributed by atoms with E-state index < -0.39 is 11.5 Å². The van der Waals surface area contributed by atoms with E-state index in [1.165, 1.54) is 0 Å². The minimum atomic E-state index is -0.732. The lowest BCUT2D eigenvalue weighted by Crippen LogP contribution is -2.55. The number of aliphatic hydroxyl groups is 1. The third kappa shape index (κ3) is 3.31. The maximum absolute atomic E-state index is 12.4. The molecule has 0 aromatic rings. The smallest absolute Gasteiger partial charge is 0.318 e. The quantitative estimate of drug-likeness (QED) is 0.735. The first-order valence-corrected chi connectivity index (χ1v) is 7.94. The lowest BCUT2D eigenvalue weighted by molar-refractivity contribution is -0.142. The van der Waals surface area contributed by atoms with E-state index in [0.29, 0.717) is 19.4 Å². The third-order valence-corrected chi connectivity index (χ3v) is 5.20. The van der Waals surface area contributed by atoms with Crippen molar-refractivity contribution < 1.29 is 19.8 Å². The zero-order valence-electron chi connectivity index (χ0n) is 12.7. The molecule has 1 aliphatic carbocycles. The zero-order valence-corrected chi connectivity index (χ0v) is 12.7. The molecule has 0 spiro atoms. The number of hydrogen-bond donors (Lipinski definition) is 3. The second-order valence-corrected chi connectivity index (χ2v) is 6.33. The Hall–Kier alpha value is -1.30. The Balaban J connectivity index is 1.89. The van der Waals surface area contributed by atoms with Crippen molar-refractivity contribution in [2.75, 3.05) is 13.2 Å². The van der Waals surface area contributed by atoms with Gasteiger partial charge in [0, 0.05) is 12.6 Å². The van der Waals surface area contributed by atoms with Gasteiger partial charge >= 0.3 is 12.0 Å². The highest BCUT2D eigenvalue weighted by Crippen LogP contribution is 2.32. The van der Waals surface area contributed by atoms with E-state index in [9.17, 15) is 14.7 Å². The topological polar surface area (TPSA) is 89.9 Å². The fraction of sp³-hybridized carbons (Fsp3) is 0.867. The standard InChI is InChI=1S/C15H26N2O4/c1-2-15(10-18)8-3-9-17(15)14(21)16-12-6-4-11(5-7-12)13(19)20/h11-12,18H,2-10H2,1H3,(H,16,21)(H,19,20). The number of urea groups is 1. The minimum absolute atomic E-state index is 0.00265. The van der Waals surface area contributed by atoms with Crippen LogP contribution in [-0.4, -0.2) is 51.8 Å². The highest BCUT2D eigenvalue weighted by molar-refractivity contribution is 5.76. The van der Waals surface area contributed by atoms with Crippen LogP contribution in [0, 0.1) is 5.92 Å². The van der Waals surface area contributed by atoms with Crippen molar-refractivity contribution in [1.29, 1.82) is 0 Å². The summed E-state index contributed by atoms with van der Waals surface area (Å²) >= 11 is 0. The fourth-order valence-electron chi connectivity index (χ4n) is 3.64. The predicted molar refractivity (Wildman–Crippen MR) is 78.0 cm³/mol. The number of likely N-dealkylation sites (tertiary alicyclic amines) is 1. The number of rotatable bonds is 4. The molecule has 1 aliphatic heterocycles.